The van der Waals surface area contributed by atoms with Crippen molar-refractivity contribution in [3.05, 3.63) is 97.8 Å². The van der Waals surface area contributed by atoms with E-state index in [-0.39, 0.29) is 51.0 Å². The summed E-state index contributed by atoms with van der Waals surface area (Å²) in [6.45, 7) is -0.177. The Morgan fingerprint density at radius 3 is 2.14 bits per heavy atom. The minimum Gasteiger partial charge on any atom is -0.274 e. The molecule has 36 heavy (non-hydrogen) atoms. The van der Waals surface area contributed by atoms with Gasteiger partial charge in [0.2, 0.25) is 0 Å². The van der Waals surface area contributed by atoms with Crippen molar-refractivity contribution in [1.82, 2.24) is 13.9 Å². The fraction of sp³-hybridized carbons (Fsp3) is 0.0870. The van der Waals surface area contributed by atoms with Crippen LogP contribution in [-0.4, -0.2) is 45.6 Å². The van der Waals surface area contributed by atoms with Gasteiger partial charge in [-0.15, -0.1) is 0 Å². The van der Waals surface area contributed by atoms with Gasteiger partial charge in [0, 0.05) is 19.0 Å². The third kappa shape index (κ3) is 3.72. The Bertz CT molecular complexity index is 1680. The van der Waals surface area contributed by atoms with Crippen molar-refractivity contribution in [3.8, 4) is 0 Å². The van der Waals surface area contributed by atoms with Crippen molar-refractivity contribution < 1.29 is 22.9 Å². The van der Waals surface area contributed by atoms with Crippen LogP contribution in [0.15, 0.2) is 65.6 Å². The molecular formula is C23H14Cl2N4O6S. The first kappa shape index (κ1) is 23.9. The zero-order valence-electron chi connectivity index (χ0n) is 18.1. The molecule has 10 nitrogen and oxygen atoms in total. The number of rotatable bonds is 6. The third-order valence-electron chi connectivity index (χ3n) is 5.74. The van der Waals surface area contributed by atoms with Gasteiger partial charge in [-0.3, -0.25) is 24.6 Å². The molecule has 182 valence electrons. The van der Waals surface area contributed by atoms with E-state index < -0.39 is 37.3 Å². The number of amides is 2. The molecule has 0 N–H and O–H groups in total. The Balaban J connectivity index is 1.62. The molecule has 0 saturated carbocycles. The molecule has 0 radical (unpaired) electrons. The molecule has 1 aromatic heterocycles. The van der Waals surface area contributed by atoms with Crippen LogP contribution in [0.3, 0.4) is 0 Å². The number of aromatic nitrogens is 2. The highest BCUT2D eigenvalue weighted by Crippen LogP contribution is 2.33. The maximum atomic E-state index is 13.7. The predicted octanol–water partition coefficient (Wildman–Crippen LogP) is 4.33. The average Bonchev–Trinajstić information content (AvgIpc) is 3.32. The molecule has 13 heteroatoms. The standard InChI is InChI=1S/C23H14Cl2N4O6S/c24-15-11-17-19(12-16(15)25)28(36(34,35)20-8-4-3-7-18(20)29(32)33)21(26-17)9-10-27-22(30)13-5-1-2-6-14(13)23(27)31/h1-8,11-12H,9-10H2. The Kier molecular flexibility index (Phi) is 5.78. The van der Waals surface area contributed by atoms with Crippen LogP contribution in [-0.2, 0) is 16.4 Å². The van der Waals surface area contributed by atoms with Crippen molar-refractivity contribution >= 4 is 61.8 Å². The van der Waals surface area contributed by atoms with E-state index >= 15 is 0 Å². The molecule has 0 unspecified atom stereocenters. The number of nitro groups is 1. The van der Waals surface area contributed by atoms with Crippen LogP contribution < -0.4 is 0 Å². The number of carbonyl (C=O) groups excluding carboxylic acids is 2. The number of para-hydroxylation sites is 1. The number of nitro benzene ring substituents is 1. The number of hydrogen-bond acceptors (Lipinski definition) is 7. The largest absolute Gasteiger partial charge is 0.289 e. The molecule has 1 aliphatic rings. The molecule has 4 aromatic rings. The van der Waals surface area contributed by atoms with Gasteiger partial charge >= 0.3 is 0 Å². The van der Waals surface area contributed by atoms with Crippen molar-refractivity contribution in [2.75, 3.05) is 6.54 Å². The summed E-state index contributed by atoms with van der Waals surface area (Å²) in [6.07, 6.45) is -0.157. The first-order valence-electron chi connectivity index (χ1n) is 10.4. The molecule has 2 amide bonds. The van der Waals surface area contributed by atoms with Crippen LogP contribution >= 0.6 is 23.2 Å². The van der Waals surface area contributed by atoms with E-state index in [1.54, 1.807) is 12.1 Å². The van der Waals surface area contributed by atoms with Gasteiger partial charge in [-0.05, 0) is 30.3 Å². The summed E-state index contributed by atoms with van der Waals surface area (Å²) in [5, 5.41) is 11.7. The highest BCUT2D eigenvalue weighted by atomic mass is 35.5. The van der Waals surface area contributed by atoms with Gasteiger partial charge < -0.3 is 0 Å². The average molecular weight is 545 g/mol. The number of imidazole rings is 1. The summed E-state index contributed by atoms with van der Waals surface area (Å²) in [4.78, 5) is 41.1. The van der Waals surface area contributed by atoms with E-state index in [9.17, 15) is 28.1 Å². The van der Waals surface area contributed by atoms with Crippen LogP contribution in [0, 0.1) is 10.1 Å². The van der Waals surface area contributed by atoms with E-state index in [4.69, 9.17) is 23.2 Å². The van der Waals surface area contributed by atoms with E-state index in [1.165, 1.54) is 36.4 Å². The summed E-state index contributed by atoms with van der Waals surface area (Å²) < 4.78 is 28.3. The molecule has 0 spiro atoms. The molecule has 0 fully saturated rings. The number of imide groups is 1. The van der Waals surface area contributed by atoms with Crippen LogP contribution in [0.5, 0.6) is 0 Å². The van der Waals surface area contributed by atoms with Gasteiger partial charge in [-0.1, -0.05) is 47.5 Å². The maximum Gasteiger partial charge on any atom is 0.289 e. The van der Waals surface area contributed by atoms with Gasteiger partial charge in [0.15, 0.2) is 4.90 Å². The van der Waals surface area contributed by atoms with E-state index in [1.807, 2.05) is 0 Å². The van der Waals surface area contributed by atoms with E-state index in [0.717, 1.165) is 21.0 Å². The summed E-state index contributed by atoms with van der Waals surface area (Å²) in [5.74, 6) is -1.07. The highest BCUT2D eigenvalue weighted by Gasteiger charge is 2.36. The lowest BCUT2D eigenvalue weighted by Gasteiger charge is -2.15. The number of benzene rings is 3. The Hall–Kier alpha value is -3.80. The number of halogens is 2. The van der Waals surface area contributed by atoms with Crippen molar-refractivity contribution in [1.29, 1.82) is 0 Å². The summed E-state index contributed by atoms with van der Waals surface area (Å²) in [5.41, 5.74) is 0.0961. The van der Waals surface area contributed by atoms with Crippen molar-refractivity contribution in [3.63, 3.8) is 0 Å². The lowest BCUT2D eigenvalue weighted by atomic mass is 10.1. The third-order valence-corrected chi connectivity index (χ3v) is 8.25. The second-order valence-electron chi connectivity index (χ2n) is 7.83. The monoisotopic (exact) mass is 544 g/mol. The molecule has 0 bridgehead atoms. The first-order valence-corrected chi connectivity index (χ1v) is 12.6. The molecule has 5 rings (SSSR count). The molecule has 0 aliphatic carbocycles. The van der Waals surface area contributed by atoms with Gasteiger partial charge in [0.25, 0.3) is 27.5 Å². The second-order valence-corrected chi connectivity index (χ2v) is 10.4. The number of nitrogens with zero attached hydrogens (tertiary/aromatic N) is 4. The van der Waals surface area contributed by atoms with Crippen LogP contribution in [0.25, 0.3) is 11.0 Å². The van der Waals surface area contributed by atoms with Crippen molar-refractivity contribution in [2.45, 2.75) is 11.3 Å². The summed E-state index contributed by atoms with van der Waals surface area (Å²) >= 11 is 12.2. The quantitative estimate of drug-likeness (QED) is 0.200. The lowest BCUT2D eigenvalue weighted by molar-refractivity contribution is -0.387. The van der Waals surface area contributed by atoms with Gasteiger partial charge in [-0.25, -0.2) is 17.4 Å². The molecule has 2 heterocycles. The number of fused-ring (bicyclic) bond motifs is 2. The smallest absolute Gasteiger partial charge is 0.274 e. The zero-order valence-corrected chi connectivity index (χ0v) is 20.4. The molecule has 0 saturated heterocycles. The minimum absolute atomic E-state index is 0.0416. The fourth-order valence-electron chi connectivity index (χ4n) is 4.11. The van der Waals surface area contributed by atoms with Gasteiger partial charge in [-0.2, -0.15) is 0 Å². The lowest BCUT2D eigenvalue weighted by Crippen LogP contribution is -2.32. The van der Waals surface area contributed by atoms with E-state index in [0.29, 0.717) is 0 Å². The summed E-state index contributed by atoms with van der Waals surface area (Å²) in [6, 6.07) is 13.9. The van der Waals surface area contributed by atoms with Crippen LogP contribution in [0.2, 0.25) is 10.0 Å². The molecule has 0 atom stereocenters. The minimum atomic E-state index is -4.56. The summed E-state index contributed by atoms with van der Waals surface area (Å²) in [7, 11) is -4.56. The van der Waals surface area contributed by atoms with Gasteiger partial charge in [0.05, 0.1) is 37.1 Å². The Labute approximate surface area is 213 Å². The number of hydrogen-bond donors (Lipinski definition) is 0. The van der Waals surface area contributed by atoms with Gasteiger partial charge in [0.1, 0.15) is 5.82 Å². The second kappa shape index (κ2) is 8.70. The topological polar surface area (TPSA) is 132 Å². The van der Waals surface area contributed by atoms with Crippen molar-refractivity contribution in [2.24, 2.45) is 0 Å². The fourth-order valence-corrected chi connectivity index (χ4v) is 6.09. The Morgan fingerprint density at radius 1 is 0.917 bits per heavy atom. The molecule has 3 aromatic carbocycles. The highest BCUT2D eigenvalue weighted by molar-refractivity contribution is 7.90. The predicted molar refractivity (Wildman–Crippen MR) is 131 cm³/mol. The number of carbonyl (C=O) groups is 2. The van der Waals surface area contributed by atoms with Crippen LogP contribution in [0.1, 0.15) is 26.5 Å². The molecular weight excluding hydrogens is 531 g/mol. The maximum absolute atomic E-state index is 13.7. The zero-order chi connectivity index (χ0) is 25.8. The SMILES string of the molecule is O=C1c2ccccc2C(=O)N1CCc1nc2cc(Cl)c(Cl)cc2n1S(=O)(=O)c1ccccc1[N+](=O)[O-]. The normalized spacial score (nSPS) is 13.4. The Morgan fingerprint density at radius 2 is 1.50 bits per heavy atom. The first-order chi connectivity index (χ1) is 17.1. The van der Waals surface area contributed by atoms with E-state index in [2.05, 4.69) is 4.98 Å². The molecule has 1 aliphatic heterocycles. The van der Waals surface area contributed by atoms with Crippen LogP contribution in [0.4, 0.5) is 5.69 Å².